The Morgan fingerprint density at radius 2 is 2.21 bits per heavy atom. The molecule has 1 rings (SSSR count). The van der Waals surface area contributed by atoms with Crippen molar-refractivity contribution in [3.63, 3.8) is 0 Å². The van der Waals surface area contributed by atoms with Crippen LogP contribution in [0, 0.1) is 17.8 Å². The summed E-state index contributed by atoms with van der Waals surface area (Å²) in [5.74, 6) is 2.64. The zero-order valence-electron chi connectivity index (χ0n) is 9.21. The first-order chi connectivity index (χ1) is 6.59. The molecule has 2 unspecified atom stereocenters. The van der Waals surface area contributed by atoms with Crippen molar-refractivity contribution < 1.29 is 5.11 Å². The van der Waals surface area contributed by atoms with Crippen LogP contribution in [-0.4, -0.2) is 23.8 Å². The van der Waals surface area contributed by atoms with Gasteiger partial charge in [0.1, 0.15) is 0 Å². The summed E-state index contributed by atoms with van der Waals surface area (Å²) in [7, 11) is 0. The predicted octanol–water partition coefficient (Wildman–Crippen LogP) is 1.54. The first kappa shape index (κ1) is 11.6. The molecule has 1 saturated carbocycles. The Morgan fingerprint density at radius 1 is 1.50 bits per heavy atom. The number of rotatable bonds is 5. The molecule has 2 nitrogen and oxygen atoms in total. The van der Waals surface area contributed by atoms with E-state index in [1.54, 1.807) is 0 Å². The van der Waals surface area contributed by atoms with E-state index in [1.807, 2.05) is 0 Å². The molecule has 1 fully saturated rings. The zero-order valence-corrected chi connectivity index (χ0v) is 9.21. The average molecular weight is 195 g/mol. The number of unbranched alkanes of at least 4 members (excludes halogenated alkanes) is 2. The number of aliphatic hydroxyl groups excluding tert-OH is 1. The molecule has 1 aliphatic carbocycles. The third-order valence-corrected chi connectivity index (χ3v) is 3.35. The summed E-state index contributed by atoms with van der Waals surface area (Å²) in [4.78, 5) is 0. The topological polar surface area (TPSA) is 32.3 Å². The molecule has 0 heterocycles. The minimum Gasteiger partial charge on any atom is -0.392 e. The third kappa shape index (κ3) is 2.50. The highest BCUT2D eigenvalue weighted by atomic mass is 16.3. The Bertz CT molecular complexity index is 217. The molecule has 0 aromatic heterocycles. The third-order valence-electron chi connectivity index (χ3n) is 3.35. The van der Waals surface area contributed by atoms with Crippen LogP contribution in [0.5, 0.6) is 0 Å². The van der Waals surface area contributed by atoms with Crippen LogP contribution in [0.4, 0.5) is 0 Å². The largest absolute Gasteiger partial charge is 0.392 e. The highest BCUT2D eigenvalue weighted by Crippen LogP contribution is 2.40. The van der Waals surface area contributed by atoms with E-state index < -0.39 is 0 Å². The molecule has 0 aliphatic heterocycles. The second-order valence-corrected chi connectivity index (χ2v) is 4.74. The van der Waals surface area contributed by atoms with Crippen LogP contribution < -0.4 is 5.32 Å². The minimum absolute atomic E-state index is 0.0477. The monoisotopic (exact) mass is 195 g/mol. The first-order valence-corrected chi connectivity index (χ1v) is 5.44. The molecule has 0 spiro atoms. The van der Waals surface area contributed by atoms with E-state index in [0.717, 1.165) is 32.2 Å². The molecule has 0 saturated heterocycles. The van der Waals surface area contributed by atoms with Crippen LogP contribution in [0.15, 0.2) is 0 Å². The summed E-state index contributed by atoms with van der Waals surface area (Å²) in [6.45, 7) is 5.24. The molecule has 14 heavy (non-hydrogen) atoms. The number of nitrogens with one attached hydrogen (secondary N) is 1. The molecule has 1 aliphatic rings. The summed E-state index contributed by atoms with van der Waals surface area (Å²) in [6.07, 6.45) is 9.02. The lowest BCUT2D eigenvalue weighted by molar-refractivity contribution is -0.0722. The van der Waals surface area contributed by atoms with Crippen molar-refractivity contribution in [1.82, 2.24) is 5.32 Å². The van der Waals surface area contributed by atoms with Gasteiger partial charge < -0.3 is 10.4 Å². The maximum atomic E-state index is 9.52. The fourth-order valence-corrected chi connectivity index (χ4v) is 1.88. The summed E-state index contributed by atoms with van der Waals surface area (Å²) in [6, 6.07) is 0.475. The zero-order chi connectivity index (χ0) is 10.6. The summed E-state index contributed by atoms with van der Waals surface area (Å²) in [5.41, 5.74) is 0.0477. The van der Waals surface area contributed by atoms with Gasteiger partial charge in [-0.25, -0.2) is 0 Å². The molecular weight excluding hydrogens is 174 g/mol. The van der Waals surface area contributed by atoms with E-state index in [9.17, 15) is 5.11 Å². The van der Waals surface area contributed by atoms with E-state index in [0.29, 0.717) is 6.04 Å². The summed E-state index contributed by atoms with van der Waals surface area (Å²) < 4.78 is 0. The van der Waals surface area contributed by atoms with Gasteiger partial charge in [-0.05, 0) is 25.8 Å². The van der Waals surface area contributed by atoms with Crippen LogP contribution in [0.2, 0.25) is 0 Å². The lowest BCUT2D eigenvalue weighted by atomic mass is 9.64. The van der Waals surface area contributed by atoms with Crippen LogP contribution in [0.1, 0.15) is 39.5 Å². The second kappa shape index (κ2) is 4.82. The van der Waals surface area contributed by atoms with E-state index in [-0.39, 0.29) is 11.5 Å². The van der Waals surface area contributed by atoms with Crippen LogP contribution >= 0.6 is 0 Å². The first-order valence-electron chi connectivity index (χ1n) is 5.44. The van der Waals surface area contributed by atoms with Crippen molar-refractivity contribution in [3.8, 4) is 12.3 Å². The van der Waals surface area contributed by atoms with Crippen LogP contribution in [-0.2, 0) is 0 Å². The second-order valence-electron chi connectivity index (χ2n) is 4.74. The lowest BCUT2D eigenvalue weighted by Gasteiger charge is -2.49. The molecule has 0 aromatic rings. The van der Waals surface area contributed by atoms with Gasteiger partial charge in [-0.15, -0.1) is 12.3 Å². The molecule has 80 valence electrons. The Labute approximate surface area is 87.1 Å². The van der Waals surface area contributed by atoms with E-state index in [2.05, 4.69) is 25.1 Å². The van der Waals surface area contributed by atoms with Crippen molar-refractivity contribution >= 4 is 0 Å². The SMILES string of the molecule is C#CCCCCNC1CC(O)C1(C)C. The Morgan fingerprint density at radius 3 is 2.71 bits per heavy atom. The van der Waals surface area contributed by atoms with Gasteiger partial charge in [-0.1, -0.05) is 13.8 Å². The Balaban J connectivity index is 2.07. The van der Waals surface area contributed by atoms with Gasteiger partial charge >= 0.3 is 0 Å². The number of hydrogen-bond donors (Lipinski definition) is 2. The van der Waals surface area contributed by atoms with Crippen molar-refractivity contribution in [2.75, 3.05) is 6.54 Å². The number of hydrogen-bond acceptors (Lipinski definition) is 2. The molecule has 2 atom stereocenters. The van der Waals surface area contributed by atoms with E-state index in [1.165, 1.54) is 0 Å². The summed E-state index contributed by atoms with van der Waals surface area (Å²) >= 11 is 0. The highest BCUT2D eigenvalue weighted by Gasteiger charge is 2.46. The van der Waals surface area contributed by atoms with Gasteiger partial charge in [0.2, 0.25) is 0 Å². The van der Waals surface area contributed by atoms with Crippen molar-refractivity contribution in [1.29, 1.82) is 0 Å². The van der Waals surface area contributed by atoms with Gasteiger partial charge in [0.05, 0.1) is 6.10 Å². The molecule has 0 aromatic carbocycles. The molecule has 0 bridgehead atoms. The number of terminal acetylenes is 1. The van der Waals surface area contributed by atoms with Gasteiger partial charge in [0.25, 0.3) is 0 Å². The molecule has 2 heteroatoms. The van der Waals surface area contributed by atoms with Gasteiger partial charge in [-0.3, -0.25) is 0 Å². The normalized spacial score (nSPS) is 29.3. The predicted molar refractivity (Wildman–Crippen MR) is 58.9 cm³/mol. The minimum atomic E-state index is -0.134. The Hall–Kier alpha value is -0.520. The van der Waals surface area contributed by atoms with Gasteiger partial charge in [-0.2, -0.15) is 0 Å². The highest BCUT2D eigenvalue weighted by molar-refractivity contribution is 5.01. The van der Waals surface area contributed by atoms with Crippen LogP contribution in [0.25, 0.3) is 0 Å². The van der Waals surface area contributed by atoms with Gasteiger partial charge in [0, 0.05) is 17.9 Å². The Kier molecular flexibility index (Phi) is 3.97. The molecule has 0 radical (unpaired) electrons. The van der Waals surface area contributed by atoms with E-state index in [4.69, 9.17) is 6.42 Å². The fourth-order valence-electron chi connectivity index (χ4n) is 1.88. The lowest BCUT2D eigenvalue weighted by Crippen LogP contribution is -2.60. The maximum Gasteiger partial charge on any atom is 0.0621 e. The smallest absolute Gasteiger partial charge is 0.0621 e. The molecule has 0 amide bonds. The summed E-state index contributed by atoms with van der Waals surface area (Å²) in [5, 5.41) is 13.0. The fraction of sp³-hybridized carbons (Fsp3) is 0.833. The molecule has 2 N–H and O–H groups in total. The van der Waals surface area contributed by atoms with Crippen molar-refractivity contribution in [2.24, 2.45) is 5.41 Å². The maximum absolute atomic E-state index is 9.52. The van der Waals surface area contributed by atoms with E-state index >= 15 is 0 Å². The average Bonchev–Trinajstić information content (AvgIpc) is 2.16. The number of aliphatic hydroxyl groups is 1. The van der Waals surface area contributed by atoms with Crippen LogP contribution in [0.3, 0.4) is 0 Å². The van der Waals surface area contributed by atoms with Crippen molar-refractivity contribution in [3.05, 3.63) is 0 Å². The standard InChI is InChI=1S/C12H21NO/c1-4-5-6-7-8-13-10-9-11(14)12(10,2)3/h1,10-11,13-14H,5-9H2,2-3H3. The van der Waals surface area contributed by atoms with Crippen molar-refractivity contribution in [2.45, 2.75) is 51.7 Å². The van der Waals surface area contributed by atoms with Gasteiger partial charge in [0.15, 0.2) is 0 Å². The molecular formula is C12H21NO. The quantitative estimate of drug-likeness (QED) is 0.515.